The topological polar surface area (TPSA) is 83.7 Å². The van der Waals surface area contributed by atoms with Gasteiger partial charge in [0, 0.05) is 26.6 Å². The lowest BCUT2D eigenvalue weighted by Gasteiger charge is -2.29. The Labute approximate surface area is 127 Å². The lowest BCUT2D eigenvalue weighted by Crippen LogP contribution is -2.48. The second kappa shape index (κ2) is 9.15. The molecule has 0 saturated heterocycles. The van der Waals surface area contributed by atoms with E-state index in [4.69, 9.17) is 5.73 Å². The van der Waals surface area contributed by atoms with E-state index in [0.717, 1.165) is 0 Å². The van der Waals surface area contributed by atoms with Crippen LogP contribution in [0.15, 0.2) is 12.7 Å². The number of amides is 3. The zero-order valence-corrected chi connectivity index (χ0v) is 13.5. The van der Waals surface area contributed by atoms with Gasteiger partial charge in [0.2, 0.25) is 17.7 Å². The average Bonchev–Trinajstić information content (AvgIpc) is 2.41. The molecule has 3 amide bonds. The summed E-state index contributed by atoms with van der Waals surface area (Å²) in [6.45, 7) is 10.1. The molecular formula is C15H27N3O3. The van der Waals surface area contributed by atoms with Crippen molar-refractivity contribution in [3.8, 4) is 0 Å². The molecule has 0 fully saturated rings. The Morgan fingerprint density at radius 1 is 1.29 bits per heavy atom. The third-order valence-corrected chi connectivity index (χ3v) is 3.42. The highest BCUT2D eigenvalue weighted by Crippen LogP contribution is 2.11. The highest BCUT2D eigenvalue weighted by Gasteiger charge is 2.27. The van der Waals surface area contributed by atoms with Crippen LogP contribution in [-0.2, 0) is 14.4 Å². The fraction of sp³-hybridized carbons (Fsp3) is 0.667. The number of likely N-dealkylation sites (N-methyl/N-ethyl adjacent to an activating group) is 2. The zero-order chi connectivity index (χ0) is 16.6. The van der Waals surface area contributed by atoms with Crippen molar-refractivity contribution in [3.63, 3.8) is 0 Å². The van der Waals surface area contributed by atoms with Gasteiger partial charge < -0.3 is 15.5 Å². The molecule has 0 aliphatic heterocycles. The minimum atomic E-state index is -0.602. The van der Waals surface area contributed by atoms with Gasteiger partial charge in [0.15, 0.2) is 0 Å². The quantitative estimate of drug-likeness (QED) is 0.638. The first kappa shape index (κ1) is 19.1. The Morgan fingerprint density at radius 3 is 2.24 bits per heavy atom. The van der Waals surface area contributed by atoms with Gasteiger partial charge in [0.25, 0.3) is 0 Å². The maximum atomic E-state index is 12.1. The van der Waals surface area contributed by atoms with E-state index in [2.05, 4.69) is 6.58 Å². The summed E-state index contributed by atoms with van der Waals surface area (Å²) in [5.41, 5.74) is 5.34. The van der Waals surface area contributed by atoms with E-state index >= 15 is 0 Å². The van der Waals surface area contributed by atoms with Crippen LogP contribution in [0.5, 0.6) is 0 Å². The maximum absolute atomic E-state index is 12.1. The molecule has 0 aromatic heterocycles. The number of primary amides is 1. The molecular weight excluding hydrogens is 270 g/mol. The molecule has 0 bridgehead atoms. The number of nitrogens with two attached hydrogens (primary N) is 1. The van der Waals surface area contributed by atoms with E-state index in [1.807, 2.05) is 20.8 Å². The van der Waals surface area contributed by atoms with Crippen molar-refractivity contribution in [2.75, 3.05) is 20.1 Å². The summed E-state index contributed by atoms with van der Waals surface area (Å²) in [7, 11) is 1.59. The molecule has 6 heteroatoms. The fourth-order valence-corrected chi connectivity index (χ4v) is 2.27. The third kappa shape index (κ3) is 5.97. The minimum absolute atomic E-state index is 0.0362. The normalized spacial score (nSPS) is 11.9. The Morgan fingerprint density at radius 2 is 1.86 bits per heavy atom. The molecule has 0 radical (unpaired) electrons. The number of rotatable bonds is 9. The van der Waals surface area contributed by atoms with Crippen LogP contribution in [0.3, 0.4) is 0 Å². The van der Waals surface area contributed by atoms with Crippen LogP contribution in [0.4, 0.5) is 0 Å². The fourth-order valence-electron chi connectivity index (χ4n) is 2.27. The average molecular weight is 297 g/mol. The summed E-state index contributed by atoms with van der Waals surface area (Å²) in [6, 6.07) is -0.602. The predicted octanol–water partition coefficient (Wildman–Crippen LogP) is 0.769. The summed E-state index contributed by atoms with van der Waals surface area (Å²) in [5.74, 6) is -0.825. The minimum Gasteiger partial charge on any atom is -0.368 e. The number of nitrogens with zero attached hydrogens (tertiary/aromatic N) is 2. The molecule has 1 atom stereocenters. The molecule has 0 aliphatic rings. The second-order valence-corrected chi connectivity index (χ2v) is 5.32. The van der Waals surface area contributed by atoms with Gasteiger partial charge in [-0.2, -0.15) is 0 Å². The summed E-state index contributed by atoms with van der Waals surface area (Å²) in [6.07, 6.45) is 2.08. The van der Waals surface area contributed by atoms with E-state index in [-0.39, 0.29) is 24.2 Å². The Hall–Kier alpha value is -1.85. The van der Waals surface area contributed by atoms with Crippen LogP contribution < -0.4 is 5.73 Å². The molecule has 2 N–H and O–H groups in total. The first-order chi connectivity index (χ1) is 9.76. The molecule has 21 heavy (non-hydrogen) atoms. The predicted molar refractivity (Wildman–Crippen MR) is 82.3 cm³/mol. The van der Waals surface area contributed by atoms with E-state index < -0.39 is 11.9 Å². The molecule has 0 aliphatic carbocycles. The highest BCUT2D eigenvalue weighted by molar-refractivity contribution is 5.87. The largest absolute Gasteiger partial charge is 0.368 e. The summed E-state index contributed by atoms with van der Waals surface area (Å²) in [4.78, 5) is 38.0. The van der Waals surface area contributed by atoms with Crippen LogP contribution in [0.1, 0.15) is 33.6 Å². The van der Waals surface area contributed by atoms with Crippen LogP contribution in [-0.4, -0.2) is 53.7 Å². The molecule has 120 valence electrons. The van der Waals surface area contributed by atoms with Gasteiger partial charge in [-0.3, -0.25) is 14.4 Å². The van der Waals surface area contributed by atoms with Gasteiger partial charge in [-0.15, -0.1) is 0 Å². The molecule has 0 unspecified atom stereocenters. The first-order valence-corrected chi connectivity index (χ1v) is 7.22. The summed E-state index contributed by atoms with van der Waals surface area (Å²) >= 11 is 0. The molecule has 6 nitrogen and oxygen atoms in total. The number of hydrogen-bond donors (Lipinski definition) is 1. The molecule has 0 saturated carbocycles. The Bertz CT molecular complexity index is 394. The van der Waals surface area contributed by atoms with Crippen LogP contribution >= 0.6 is 0 Å². The lowest BCUT2D eigenvalue weighted by atomic mass is 10.0. The van der Waals surface area contributed by atoms with Gasteiger partial charge in [-0.05, 0) is 25.3 Å². The lowest BCUT2D eigenvalue weighted by molar-refractivity contribution is -0.139. The monoisotopic (exact) mass is 297 g/mol. The SMILES string of the molecule is C=CC(=O)N(CC)CCCC(=O)N(C)[C@@H](C(N)=O)C(C)C. The smallest absolute Gasteiger partial charge is 0.245 e. The van der Waals surface area contributed by atoms with Crippen molar-refractivity contribution in [1.29, 1.82) is 0 Å². The van der Waals surface area contributed by atoms with Crippen LogP contribution in [0, 0.1) is 5.92 Å². The van der Waals surface area contributed by atoms with Crippen molar-refractivity contribution in [2.45, 2.75) is 39.7 Å². The standard InChI is InChI=1S/C15H27N3O3/c1-6-12(19)18(7-2)10-8-9-13(20)17(5)14(11(3)4)15(16)21/h6,11,14H,1,7-10H2,2-5H3,(H2,16,21)/t14-/m1/s1. The van der Waals surface area contributed by atoms with Crippen molar-refractivity contribution in [1.82, 2.24) is 9.80 Å². The van der Waals surface area contributed by atoms with Gasteiger partial charge in [0.1, 0.15) is 6.04 Å². The summed E-state index contributed by atoms with van der Waals surface area (Å²) in [5, 5.41) is 0. The zero-order valence-electron chi connectivity index (χ0n) is 13.5. The highest BCUT2D eigenvalue weighted by atomic mass is 16.2. The summed E-state index contributed by atoms with van der Waals surface area (Å²) < 4.78 is 0. The first-order valence-electron chi connectivity index (χ1n) is 7.22. The van der Waals surface area contributed by atoms with Crippen LogP contribution in [0.2, 0.25) is 0 Å². The Kier molecular flexibility index (Phi) is 8.35. The van der Waals surface area contributed by atoms with Crippen molar-refractivity contribution in [3.05, 3.63) is 12.7 Å². The van der Waals surface area contributed by atoms with E-state index in [9.17, 15) is 14.4 Å². The molecule has 0 aromatic rings. The van der Waals surface area contributed by atoms with Gasteiger partial charge in [-0.1, -0.05) is 20.4 Å². The maximum Gasteiger partial charge on any atom is 0.245 e. The van der Waals surface area contributed by atoms with E-state index in [0.29, 0.717) is 19.5 Å². The number of carbonyl (C=O) groups excluding carboxylic acids is 3. The van der Waals surface area contributed by atoms with Crippen LogP contribution in [0.25, 0.3) is 0 Å². The molecule has 0 rings (SSSR count). The van der Waals surface area contributed by atoms with E-state index in [1.165, 1.54) is 11.0 Å². The van der Waals surface area contributed by atoms with Crippen molar-refractivity contribution in [2.24, 2.45) is 11.7 Å². The van der Waals surface area contributed by atoms with Gasteiger partial charge in [0.05, 0.1) is 0 Å². The molecule has 0 heterocycles. The van der Waals surface area contributed by atoms with Crippen molar-refractivity contribution < 1.29 is 14.4 Å². The van der Waals surface area contributed by atoms with Crippen molar-refractivity contribution >= 4 is 17.7 Å². The number of carbonyl (C=O) groups is 3. The van der Waals surface area contributed by atoms with E-state index in [1.54, 1.807) is 11.9 Å². The second-order valence-electron chi connectivity index (χ2n) is 5.32. The Balaban J connectivity index is 4.46. The van der Waals surface area contributed by atoms with Gasteiger partial charge in [-0.25, -0.2) is 0 Å². The number of hydrogen-bond acceptors (Lipinski definition) is 3. The molecule has 0 aromatic carbocycles. The van der Waals surface area contributed by atoms with Gasteiger partial charge >= 0.3 is 0 Å². The third-order valence-electron chi connectivity index (χ3n) is 3.42. The molecule has 0 spiro atoms.